The SMILES string of the molecule is CNC(=O)c1ccc(-c2ccc(-n3cccn3)cc2)cc1. The van der Waals surface area contributed by atoms with Crippen LogP contribution in [0.4, 0.5) is 0 Å². The number of hydrogen-bond acceptors (Lipinski definition) is 2. The van der Waals surface area contributed by atoms with Crippen LogP contribution in [0.25, 0.3) is 16.8 Å². The van der Waals surface area contributed by atoms with Gasteiger partial charge in [-0.05, 0) is 41.5 Å². The van der Waals surface area contributed by atoms with Crippen LogP contribution in [0.3, 0.4) is 0 Å². The van der Waals surface area contributed by atoms with Gasteiger partial charge in [0.15, 0.2) is 0 Å². The maximum Gasteiger partial charge on any atom is 0.251 e. The van der Waals surface area contributed by atoms with Crippen molar-refractivity contribution in [3.8, 4) is 16.8 Å². The molecule has 1 amide bonds. The summed E-state index contributed by atoms with van der Waals surface area (Å²) >= 11 is 0. The molecule has 4 heteroatoms. The molecule has 0 bridgehead atoms. The van der Waals surface area contributed by atoms with Crippen LogP contribution >= 0.6 is 0 Å². The van der Waals surface area contributed by atoms with E-state index < -0.39 is 0 Å². The van der Waals surface area contributed by atoms with Gasteiger partial charge in [0.2, 0.25) is 0 Å². The molecule has 21 heavy (non-hydrogen) atoms. The van der Waals surface area contributed by atoms with E-state index in [-0.39, 0.29) is 5.91 Å². The van der Waals surface area contributed by atoms with Crippen LogP contribution in [0, 0.1) is 0 Å². The van der Waals surface area contributed by atoms with Gasteiger partial charge in [-0.1, -0.05) is 24.3 Å². The summed E-state index contributed by atoms with van der Waals surface area (Å²) in [6.45, 7) is 0. The number of rotatable bonds is 3. The van der Waals surface area contributed by atoms with Gasteiger partial charge in [-0.25, -0.2) is 4.68 Å². The molecule has 104 valence electrons. The molecule has 0 spiro atoms. The molecular weight excluding hydrogens is 262 g/mol. The molecule has 0 aliphatic carbocycles. The first-order valence-corrected chi connectivity index (χ1v) is 6.70. The van der Waals surface area contributed by atoms with Gasteiger partial charge in [0, 0.05) is 25.0 Å². The second-order valence-electron chi connectivity index (χ2n) is 4.65. The normalized spacial score (nSPS) is 10.3. The number of carbonyl (C=O) groups excluding carboxylic acids is 1. The van der Waals surface area contributed by atoms with Crippen molar-refractivity contribution >= 4 is 5.91 Å². The van der Waals surface area contributed by atoms with E-state index in [9.17, 15) is 4.79 Å². The van der Waals surface area contributed by atoms with Crippen LogP contribution in [-0.2, 0) is 0 Å². The molecule has 1 heterocycles. The fourth-order valence-electron chi connectivity index (χ4n) is 2.19. The smallest absolute Gasteiger partial charge is 0.251 e. The van der Waals surface area contributed by atoms with Gasteiger partial charge in [0.25, 0.3) is 5.91 Å². The minimum absolute atomic E-state index is 0.0735. The van der Waals surface area contributed by atoms with Gasteiger partial charge in [-0.3, -0.25) is 4.79 Å². The molecule has 2 aromatic carbocycles. The number of amides is 1. The summed E-state index contributed by atoms with van der Waals surface area (Å²) in [5, 5.41) is 6.82. The van der Waals surface area contributed by atoms with E-state index in [1.807, 2.05) is 65.5 Å². The number of benzene rings is 2. The minimum atomic E-state index is -0.0735. The van der Waals surface area contributed by atoms with Gasteiger partial charge >= 0.3 is 0 Å². The predicted molar refractivity (Wildman–Crippen MR) is 82.4 cm³/mol. The molecule has 1 N–H and O–H groups in total. The Morgan fingerprint density at radius 1 is 1.00 bits per heavy atom. The second kappa shape index (κ2) is 5.63. The summed E-state index contributed by atoms with van der Waals surface area (Å²) in [6, 6.07) is 17.6. The topological polar surface area (TPSA) is 46.9 Å². The zero-order valence-corrected chi connectivity index (χ0v) is 11.7. The largest absolute Gasteiger partial charge is 0.355 e. The Kier molecular flexibility index (Phi) is 3.51. The van der Waals surface area contributed by atoms with Crippen LogP contribution in [0.2, 0.25) is 0 Å². The maximum absolute atomic E-state index is 11.5. The lowest BCUT2D eigenvalue weighted by Crippen LogP contribution is -2.17. The summed E-state index contributed by atoms with van der Waals surface area (Å²) in [6.07, 6.45) is 3.67. The third kappa shape index (κ3) is 2.69. The van der Waals surface area contributed by atoms with Crippen molar-refractivity contribution in [3.63, 3.8) is 0 Å². The summed E-state index contributed by atoms with van der Waals surface area (Å²) in [4.78, 5) is 11.5. The van der Waals surface area contributed by atoms with Crippen LogP contribution < -0.4 is 5.32 Å². The molecule has 3 aromatic rings. The van der Waals surface area contributed by atoms with Crippen molar-refractivity contribution in [1.29, 1.82) is 0 Å². The second-order valence-corrected chi connectivity index (χ2v) is 4.65. The number of aromatic nitrogens is 2. The molecule has 0 fully saturated rings. The summed E-state index contributed by atoms with van der Waals surface area (Å²) in [5.74, 6) is -0.0735. The quantitative estimate of drug-likeness (QED) is 0.800. The Labute approximate surface area is 123 Å². The molecule has 0 unspecified atom stereocenters. The zero-order chi connectivity index (χ0) is 14.7. The van der Waals surface area contributed by atoms with Crippen LogP contribution in [-0.4, -0.2) is 22.7 Å². The zero-order valence-electron chi connectivity index (χ0n) is 11.7. The van der Waals surface area contributed by atoms with Crippen molar-refractivity contribution in [2.24, 2.45) is 0 Å². The average Bonchev–Trinajstić information content (AvgIpc) is 3.09. The first-order valence-electron chi connectivity index (χ1n) is 6.70. The fourth-order valence-corrected chi connectivity index (χ4v) is 2.19. The van der Waals surface area contributed by atoms with E-state index in [2.05, 4.69) is 10.4 Å². The Morgan fingerprint density at radius 3 is 2.14 bits per heavy atom. The van der Waals surface area contributed by atoms with Crippen molar-refractivity contribution in [2.45, 2.75) is 0 Å². The minimum Gasteiger partial charge on any atom is -0.355 e. The molecule has 0 saturated heterocycles. The molecule has 4 nitrogen and oxygen atoms in total. The fraction of sp³-hybridized carbons (Fsp3) is 0.0588. The highest BCUT2D eigenvalue weighted by Gasteiger charge is 2.04. The molecule has 0 aliphatic rings. The number of hydrogen-bond donors (Lipinski definition) is 1. The van der Waals surface area contributed by atoms with Crippen molar-refractivity contribution in [3.05, 3.63) is 72.6 Å². The lowest BCUT2D eigenvalue weighted by Gasteiger charge is -2.06. The van der Waals surface area contributed by atoms with Crippen LogP contribution in [0.5, 0.6) is 0 Å². The van der Waals surface area contributed by atoms with Gasteiger partial charge in [-0.15, -0.1) is 0 Å². The molecule has 1 aromatic heterocycles. The highest BCUT2D eigenvalue weighted by molar-refractivity contribution is 5.94. The molecular formula is C17H15N3O. The lowest BCUT2D eigenvalue weighted by molar-refractivity contribution is 0.0963. The maximum atomic E-state index is 11.5. The summed E-state index contributed by atoms with van der Waals surface area (Å²) < 4.78 is 1.82. The van der Waals surface area contributed by atoms with E-state index >= 15 is 0 Å². The number of nitrogens with one attached hydrogen (secondary N) is 1. The number of nitrogens with zero attached hydrogens (tertiary/aromatic N) is 2. The van der Waals surface area contributed by atoms with Gasteiger partial charge < -0.3 is 5.32 Å². The molecule has 3 rings (SSSR count). The van der Waals surface area contributed by atoms with Crippen LogP contribution in [0.1, 0.15) is 10.4 Å². The van der Waals surface area contributed by atoms with Gasteiger partial charge in [-0.2, -0.15) is 5.10 Å². The molecule has 0 aliphatic heterocycles. The Morgan fingerprint density at radius 2 is 1.62 bits per heavy atom. The van der Waals surface area contributed by atoms with Gasteiger partial charge in [0.1, 0.15) is 0 Å². The summed E-state index contributed by atoms with van der Waals surface area (Å²) in [5.41, 5.74) is 3.86. The highest BCUT2D eigenvalue weighted by Crippen LogP contribution is 2.21. The van der Waals surface area contributed by atoms with E-state index in [1.165, 1.54) is 0 Å². The molecule has 0 atom stereocenters. The summed E-state index contributed by atoms with van der Waals surface area (Å²) in [7, 11) is 1.63. The standard InChI is InChI=1S/C17H15N3O/c1-18-17(21)15-5-3-13(4-6-15)14-7-9-16(10-8-14)20-12-2-11-19-20/h2-12H,1H3,(H,18,21). The molecule has 0 radical (unpaired) electrons. The Bertz CT molecular complexity index is 729. The van der Waals surface area contributed by atoms with Crippen molar-refractivity contribution in [1.82, 2.24) is 15.1 Å². The monoisotopic (exact) mass is 277 g/mol. The third-order valence-corrected chi connectivity index (χ3v) is 3.34. The van der Waals surface area contributed by atoms with E-state index in [1.54, 1.807) is 13.2 Å². The average molecular weight is 277 g/mol. The van der Waals surface area contributed by atoms with Crippen molar-refractivity contribution < 1.29 is 4.79 Å². The number of carbonyl (C=O) groups is 1. The first kappa shape index (κ1) is 13.1. The third-order valence-electron chi connectivity index (χ3n) is 3.34. The van der Waals surface area contributed by atoms with Gasteiger partial charge in [0.05, 0.1) is 5.69 Å². The van der Waals surface area contributed by atoms with E-state index in [4.69, 9.17) is 0 Å². The lowest BCUT2D eigenvalue weighted by atomic mass is 10.0. The van der Waals surface area contributed by atoms with Crippen molar-refractivity contribution in [2.75, 3.05) is 7.05 Å². The van der Waals surface area contributed by atoms with E-state index in [0.717, 1.165) is 16.8 Å². The first-order chi connectivity index (χ1) is 10.3. The predicted octanol–water partition coefficient (Wildman–Crippen LogP) is 2.90. The Hall–Kier alpha value is -2.88. The molecule has 0 saturated carbocycles. The Balaban J connectivity index is 1.85. The highest BCUT2D eigenvalue weighted by atomic mass is 16.1. The van der Waals surface area contributed by atoms with E-state index in [0.29, 0.717) is 5.56 Å². The van der Waals surface area contributed by atoms with Crippen LogP contribution in [0.15, 0.2) is 67.0 Å².